The lowest BCUT2D eigenvalue weighted by Crippen LogP contribution is -2.21. The fourth-order valence-electron chi connectivity index (χ4n) is 2.18. The number of hydrogen-bond donors (Lipinski definition) is 1. The van der Waals surface area contributed by atoms with Gasteiger partial charge in [0.1, 0.15) is 0 Å². The zero-order valence-corrected chi connectivity index (χ0v) is 11.4. The molecule has 0 radical (unpaired) electrons. The molecule has 0 saturated heterocycles. The van der Waals surface area contributed by atoms with Crippen molar-refractivity contribution in [1.82, 2.24) is 9.78 Å². The third-order valence-electron chi connectivity index (χ3n) is 2.94. The van der Waals surface area contributed by atoms with Crippen LogP contribution in [0.1, 0.15) is 44.8 Å². The van der Waals surface area contributed by atoms with E-state index in [1.54, 1.807) is 0 Å². The number of nitrogens with zero attached hydrogens (tertiary/aromatic N) is 2. The zero-order chi connectivity index (χ0) is 11.7. The zero-order valence-electron chi connectivity index (χ0n) is 9.78. The number of hydrogen-bond acceptors (Lipinski definition) is 2. The van der Waals surface area contributed by atoms with Gasteiger partial charge in [0, 0.05) is 12.1 Å². The van der Waals surface area contributed by atoms with E-state index in [1.165, 1.54) is 17.7 Å². The molecule has 1 heterocycles. The minimum absolute atomic E-state index is 0.200. The molecular formula is C12H18BrN3. The minimum atomic E-state index is 0.200. The van der Waals surface area contributed by atoms with Crippen molar-refractivity contribution in [2.75, 3.05) is 0 Å². The Morgan fingerprint density at radius 1 is 1.56 bits per heavy atom. The summed E-state index contributed by atoms with van der Waals surface area (Å²) < 4.78 is 3.13. The fraction of sp³-hybridized carbons (Fsp3) is 0.583. The Labute approximate surface area is 105 Å². The third kappa shape index (κ3) is 2.23. The molecule has 88 valence electrons. The summed E-state index contributed by atoms with van der Waals surface area (Å²) in [5.41, 5.74) is 8.52. The SMILES string of the molecule is CC(C)n1ncc(Br)c1C1=CC(N)CCC1. The second kappa shape index (κ2) is 4.72. The molecule has 1 unspecified atom stereocenters. The van der Waals surface area contributed by atoms with E-state index < -0.39 is 0 Å². The lowest BCUT2D eigenvalue weighted by Gasteiger charge is -2.20. The third-order valence-corrected chi connectivity index (χ3v) is 3.52. The molecule has 0 bridgehead atoms. The maximum Gasteiger partial charge on any atom is 0.0784 e. The van der Waals surface area contributed by atoms with Crippen LogP contribution in [0.4, 0.5) is 0 Å². The molecule has 1 aliphatic carbocycles. The average Bonchev–Trinajstić information content (AvgIpc) is 2.60. The number of halogens is 1. The summed E-state index contributed by atoms with van der Waals surface area (Å²) in [5.74, 6) is 0. The van der Waals surface area contributed by atoms with Gasteiger partial charge in [0.15, 0.2) is 0 Å². The smallest absolute Gasteiger partial charge is 0.0784 e. The Morgan fingerprint density at radius 3 is 2.94 bits per heavy atom. The summed E-state index contributed by atoms with van der Waals surface area (Å²) in [6.45, 7) is 4.29. The first kappa shape index (κ1) is 11.9. The van der Waals surface area contributed by atoms with Gasteiger partial charge in [0.2, 0.25) is 0 Å². The van der Waals surface area contributed by atoms with Crippen molar-refractivity contribution in [2.45, 2.75) is 45.2 Å². The van der Waals surface area contributed by atoms with Gasteiger partial charge in [-0.25, -0.2) is 0 Å². The molecule has 0 fully saturated rings. The highest BCUT2D eigenvalue weighted by Crippen LogP contribution is 2.32. The summed E-state index contributed by atoms with van der Waals surface area (Å²) in [4.78, 5) is 0. The van der Waals surface area contributed by atoms with Gasteiger partial charge < -0.3 is 5.73 Å². The number of allylic oxidation sites excluding steroid dienone is 1. The quantitative estimate of drug-likeness (QED) is 0.906. The Hall–Kier alpha value is -0.610. The normalized spacial score (nSPS) is 21.3. The first-order valence-corrected chi connectivity index (χ1v) is 6.58. The maximum atomic E-state index is 5.99. The summed E-state index contributed by atoms with van der Waals surface area (Å²) in [7, 11) is 0. The van der Waals surface area contributed by atoms with E-state index in [0.29, 0.717) is 6.04 Å². The molecule has 1 aromatic rings. The van der Waals surface area contributed by atoms with Crippen LogP contribution in [0.2, 0.25) is 0 Å². The van der Waals surface area contributed by atoms with E-state index in [0.717, 1.165) is 17.3 Å². The number of nitrogens with two attached hydrogens (primary N) is 1. The largest absolute Gasteiger partial charge is 0.324 e. The molecule has 1 atom stereocenters. The summed E-state index contributed by atoms with van der Waals surface area (Å²) in [6.07, 6.45) is 7.42. The van der Waals surface area contributed by atoms with Gasteiger partial charge in [-0.2, -0.15) is 5.10 Å². The lowest BCUT2D eigenvalue weighted by atomic mass is 9.94. The van der Waals surface area contributed by atoms with Crippen molar-refractivity contribution >= 4 is 21.5 Å². The van der Waals surface area contributed by atoms with Crippen LogP contribution < -0.4 is 5.73 Å². The lowest BCUT2D eigenvalue weighted by molar-refractivity contribution is 0.523. The van der Waals surface area contributed by atoms with Gasteiger partial charge in [-0.1, -0.05) is 6.08 Å². The van der Waals surface area contributed by atoms with Crippen molar-refractivity contribution in [2.24, 2.45) is 5.73 Å². The van der Waals surface area contributed by atoms with E-state index in [1.807, 2.05) is 6.20 Å². The molecule has 0 aliphatic heterocycles. The van der Waals surface area contributed by atoms with Gasteiger partial charge in [0.25, 0.3) is 0 Å². The van der Waals surface area contributed by atoms with Crippen LogP contribution in [-0.2, 0) is 0 Å². The molecule has 16 heavy (non-hydrogen) atoms. The second-order valence-corrected chi connectivity index (χ2v) is 5.48. The monoisotopic (exact) mass is 283 g/mol. The standard InChI is InChI=1S/C12H18BrN3/c1-8(2)16-12(11(13)7-15-16)9-4-3-5-10(14)6-9/h6-8,10H,3-5,14H2,1-2H3. The van der Waals surface area contributed by atoms with E-state index in [4.69, 9.17) is 5.73 Å². The molecule has 0 spiro atoms. The van der Waals surface area contributed by atoms with Crippen LogP contribution in [0.25, 0.3) is 5.57 Å². The molecule has 0 amide bonds. The van der Waals surface area contributed by atoms with Crippen LogP contribution in [0.5, 0.6) is 0 Å². The second-order valence-electron chi connectivity index (χ2n) is 4.63. The highest BCUT2D eigenvalue weighted by molar-refractivity contribution is 9.10. The van der Waals surface area contributed by atoms with Crippen molar-refractivity contribution in [3.05, 3.63) is 22.4 Å². The van der Waals surface area contributed by atoms with Crippen molar-refractivity contribution in [1.29, 1.82) is 0 Å². The fourth-order valence-corrected chi connectivity index (χ4v) is 2.71. The van der Waals surface area contributed by atoms with Gasteiger partial charge in [-0.05, 0) is 54.6 Å². The molecule has 2 rings (SSSR count). The molecule has 4 heteroatoms. The van der Waals surface area contributed by atoms with Gasteiger partial charge in [-0.15, -0.1) is 0 Å². The van der Waals surface area contributed by atoms with Crippen molar-refractivity contribution in [3.63, 3.8) is 0 Å². The van der Waals surface area contributed by atoms with E-state index >= 15 is 0 Å². The van der Waals surface area contributed by atoms with Crippen LogP contribution in [-0.4, -0.2) is 15.8 Å². The van der Waals surface area contributed by atoms with E-state index in [-0.39, 0.29) is 6.04 Å². The van der Waals surface area contributed by atoms with Crippen molar-refractivity contribution < 1.29 is 0 Å². The highest BCUT2D eigenvalue weighted by atomic mass is 79.9. The molecule has 0 saturated carbocycles. The van der Waals surface area contributed by atoms with Crippen molar-refractivity contribution in [3.8, 4) is 0 Å². The Kier molecular flexibility index (Phi) is 3.50. The minimum Gasteiger partial charge on any atom is -0.324 e. The first-order chi connectivity index (χ1) is 7.59. The van der Waals surface area contributed by atoms with Crippen LogP contribution in [0.3, 0.4) is 0 Å². The van der Waals surface area contributed by atoms with Gasteiger partial charge in [-0.3, -0.25) is 4.68 Å². The Morgan fingerprint density at radius 2 is 2.31 bits per heavy atom. The predicted molar refractivity (Wildman–Crippen MR) is 70.1 cm³/mol. The molecular weight excluding hydrogens is 266 g/mol. The summed E-state index contributed by atoms with van der Waals surface area (Å²) in [5, 5.41) is 4.40. The van der Waals surface area contributed by atoms with Crippen LogP contribution >= 0.6 is 15.9 Å². The molecule has 1 aromatic heterocycles. The maximum absolute atomic E-state index is 5.99. The van der Waals surface area contributed by atoms with E-state index in [2.05, 4.69) is 45.6 Å². The predicted octanol–water partition coefficient (Wildman–Crippen LogP) is 3.12. The summed E-state index contributed by atoms with van der Waals surface area (Å²) in [6, 6.07) is 0.575. The van der Waals surface area contributed by atoms with Gasteiger partial charge >= 0.3 is 0 Å². The highest BCUT2D eigenvalue weighted by Gasteiger charge is 2.19. The molecule has 2 N–H and O–H groups in total. The van der Waals surface area contributed by atoms with Gasteiger partial charge in [0.05, 0.1) is 16.4 Å². The molecule has 1 aliphatic rings. The topological polar surface area (TPSA) is 43.8 Å². The molecule has 0 aromatic carbocycles. The number of rotatable bonds is 2. The first-order valence-electron chi connectivity index (χ1n) is 5.79. The van der Waals surface area contributed by atoms with E-state index in [9.17, 15) is 0 Å². The average molecular weight is 284 g/mol. The van der Waals surface area contributed by atoms with Crippen LogP contribution in [0, 0.1) is 0 Å². The summed E-state index contributed by atoms with van der Waals surface area (Å²) >= 11 is 3.58. The molecule has 3 nitrogen and oxygen atoms in total. The Bertz CT molecular complexity index is 406. The van der Waals surface area contributed by atoms with Crippen LogP contribution in [0.15, 0.2) is 16.7 Å². The number of aromatic nitrogens is 2. The Balaban J connectivity index is 2.42.